The molecule has 2 aromatic carbocycles. The van der Waals surface area contributed by atoms with E-state index in [1.54, 1.807) is 30.3 Å². The highest BCUT2D eigenvalue weighted by molar-refractivity contribution is 6.10. The number of amides is 1. The van der Waals surface area contributed by atoms with Crippen molar-refractivity contribution in [2.24, 2.45) is 4.99 Å². The summed E-state index contributed by atoms with van der Waals surface area (Å²) in [7, 11) is 0. The Labute approximate surface area is 194 Å². The Hall–Kier alpha value is -3.48. The van der Waals surface area contributed by atoms with Gasteiger partial charge in [0, 0.05) is 23.4 Å². The van der Waals surface area contributed by atoms with Crippen LogP contribution in [-0.4, -0.2) is 21.6 Å². The van der Waals surface area contributed by atoms with Gasteiger partial charge < -0.3 is 5.32 Å². The fourth-order valence-electron chi connectivity index (χ4n) is 3.53. The van der Waals surface area contributed by atoms with Gasteiger partial charge in [-0.2, -0.15) is 5.10 Å². The molecule has 174 valence electrons. The molecule has 0 radical (unpaired) electrons. The van der Waals surface area contributed by atoms with Crippen molar-refractivity contribution in [3.63, 3.8) is 0 Å². The zero-order valence-electron chi connectivity index (χ0n) is 20.2. The Bertz CT molecular complexity index is 1160. The minimum atomic E-state index is -0.430. The molecule has 0 aliphatic rings. The van der Waals surface area contributed by atoms with Crippen molar-refractivity contribution < 1.29 is 9.18 Å². The topological polar surface area (TPSA) is 71.3 Å². The van der Waals surface area contributed by atoms with E-state index in [-0.39, 0.29) is 23.0 Å². The molecule has 0 unspecified atom stereocenters. The predicted octanol–water partition coefficient (Wildman–Crippen LogP) is 5.35. The predicted molar refractivity (Wildman–Crippen MR) is 131 cm³/mol. The average Bonchev–Trinajstić information content (AvgIpc) is 3.05. The van der Waals surface area contributed by atoms with Gasteiger partial charge in [0.2, 0.25) is 5.96 Å². The quantitative estimate of drug-likeness (QED) is 0.407. The molecule has 0 saturated heterocycles. The minimum Gasteiger partial charge on any atom is -0.323 e. The van der Waals surface area contributed by atoms with E-state index in [2.05, 4.69) is 41.5 Å². The van der Waals surface area contributed by atoms with Gasteiger partial charge in [0.25, 0.3) is 5.91 Å². The molecule has 0 atom stereocenters. The highest BCUT2D eigenvalue weighted by Crippen LogP contribution is 2.22. The fraction of sp³-hybridized carbons (Fsp3) is 0.346. The van der Waals surface area contributed by atoms with Gasteiger partial charge >= 0.3 is 0 Å². The average molecular weight is 450 g/mol. The van der Waals surface area contributed by atoms with Crippen LogP contribution in [0.5, 0.6) is 0 Å². The number of nitrogens with zero attached hydrogens (tertiary/aromatic N) is 3. The Morgan fingerprint density at radius 3 is 2.33 bits per heavy atom. The molecule has 7 heteroatoms. The standard InChI is InChI=1S/C26H32FN5O/c1-7-32-18(3)21(17(2)31-32)16-28-25(29-23-11-9-8-10-22(23)27)30-24(33)19-12-14-20(15-13-19)26(4,5)6/h8-15H,7,16H2,1-6H3,(H2,28,29,30,33). The van der Waals surface area contributed by atoms with Crippen molar-refractivity contribution in [1.82, 2.24) is 15.1 Å². The number of guanidine groups is 1. The number of halogens is 1. The Kier molecular flexibility index (Phi) is 7.31. The van der Waals surface area contributed by atoms with Crippen LogP contribution in [0.4, 0.5) is 10.1 Å². The maximum absolute atomic E-state index is 14.3. The van der Waals surface area contributed by atoms with Gasteiger partial charge in [-0.1, -0.05) is 45.0 Å². The van der Waals surface area contributed by atoms with Crippen LogP contribution in [0.25, 0.3) is 0 Å². The molecule has 3 rings (SSSR count). The third-order valence-corrected chi connectivity index (χ3v) is 5.60. The first-order chi connectivity index (χ1) is 15.6. The molecule has 0 aliphatic carbocycles. The summed E-state index contributed by atoms with van der Waals surface area (Å²) in [6.45, 7) is 13.4. The second kappa shape index (κ2) is 9.98. The molecule has 1 heterocycles. The van der Waals surface area contributed by atoms with Gasteiger partial charge in [0.1, 0.15) is 5.82 Å². The maximum Gasteiger partial charge on any atom is 0.257 e. The SMILES string of the molecule is CCn1nc(C)c(CN=C(NC(=O)c2ccc(C(C)(C)C)cc2)Nc2ccccc2F)c1C. The zero-order chi connectivity index (χ0) is 24.2. The van der Waals surface area contributed by atoms with Crippen molar-refractivity contribution >= 4 is 17.6 Å². The summed E-state index contributed by atoms with van der Waals surface area (Å²) in [6, 6.07) is 13.7. The summed E-state index contributed by atoms with van der Waals surface area (Å²) >= 11 is 0. The van der Waals surface area contributed by atoms with Crippen LogP contribution in [0, 0.1) is 19.7 Å². The van der Waals surface area contributed by atoms with E-state index in [1.165, 1.54) is 6.07 Å². The summed E-state index contributed by atoms with van der Waals surface area (Å²) in [5.41, 5.74) is 4.74. The van der Waals surface area contributed by atoms with Gasteiger partial charge in [0.05, 0.1) is 17.9 Å². The van der Waals surface area contributed by atoms with Crippen LogP contribution >= 0.6 is 0 Å². The Morgan fingerprint density at radius 2 is 1.76 bits per heavy atom. The smallest absolute Gasteiger partial charge is 0.257 e. The lowest BCUT2D eigenvalue weighted by Gasteiger charge is -2.19. The van der Waals surface area contributed by atoms with Gasteiger partial charge in [-0.05, 0) is 56.0 Å². The van der Waals surface area contributed by atoms with E-state index in [1.807, 2.05) is 37.6 Å². The molecule has 1 amide bonds. The second-order valence-electron chi connectivity index (χ2n) is 9.02. The minimum absolute atomic E-state index is 0.00727. The van der Waals surface area contributed by atoms with Crippen molar-refractivity contribution in [2.45, 2.75) is 60.0 Å². The largest absolute Gasteiger partial charge is 0.323 e. The van der Waals surface area contributed by atoms with Crippen LogP contribution in [0.3, 0.4) is 0 Å². The number of hydrogen-bond acceptors (Lipinski definition) is 3. The van der Waals surface area contributed by atoms with E-state index in [4.69, 9.17) is 0 Å². The second-order valence-corrected chi connectivity index (χ2v) is 9.02. The number of hydrogen-bond donors (Lipinski definition) is 2. The van der Waals surface area contributed by atoms with Crippen molar-refractivity contribution in [3.8, 4) is 0 Å². The molecule has 3 aromatic rings. The van der Waals surface area contributed by atoms with Crippen LogP contribution in [-0.2, 0) is 18.5 Å². The number of anilines is 1. The summed E-state index contributed by atoms with van der Waals surface area (Å²) in [5, 5.41) is 10.3. The lowest BCUT2D eigenvalue weighted by atomic mass is 9.87. The fourth-order valence-corrected chi connectivity index (χ4v) is 3.53. The first-order valence-corrected chi connectivity index (χ1v) is 11.1. The van der Waals surface area contributed by atoms with Crippen LogP contribution in [0.15, 0.2) is 53.5 Å². The summed E-state index contributed by atoms with van der Waals surface area (Å²) in [6.07, 6.45) is 0. The Balaban J connectivity index is 1.87. The van der Waals surface area contributed by atoms with E-state index in [0.29, 0.717) is 12.1 Å². The van der Waals surface area contributed by atoms with Gasteiger partial charge in [-0.25, -0.2) is 9.38 Å². The molecule has 0 fully saturated rings. The molecule has 1 aromatic heterocycles. The Morgan fingerprint density at radius 1 is 1.09 bits per heavy atom. The molecular weight excluding hydrogens is 417 g/mol. The van der Waals surface area contributed by atoms with Crippen molar-refractivity contribution in [1.29, 1.82) is 0 Å². The summed E-state index contributed by atoms with van der Waals surface area (Å²) < 4.78 is 16.2. The number of aromatic nitrogens is 2. The molecule has 0 bridgehead atoms. The zero-order valence-corrected chi connectivity index (χ0v) is 20.2. The number of carbonyl (C=O) groups is 1. The third-order valence-electron chi connectivity index (χ3n) is 5.60. The highest BCUT2D eigenvalue weighted by atomic mass is 19.1. The highest BCUT2D eigenvalue weighted by Gasteiger charge is 2.16. The summed E-state index contributed by atoms with van der Waals surface area (Å²) in [4.78, 5) is 17.5. The van der Waals surface area contributed by atoms with Crippen LogP contribution in [0.1, 0.15) is 60.6 Å². The number of benzene rings is 2. The molecule has 33 heavy (non-hydrogen) atoms. The lowest BCUT2D eigenvalue weighted by Crippen LogP contribution is -2.36. The number of aliphatic imine (C=N–C) groups is 1. The molecule has 0 spiro atoms. The first-order valence-electron chi connectivity index (χ1n) is 11.1. The number of rotatable bonds is 5. The van der Waals surface area contributed by atoms with Crippen LogP contribution < -0.4 is 10.6 Å². The van der Waals surface area contributed by atoms with E-state index in [9.17, 15) is 9.18 Å². The van der Waals surface area contributed by atoms with E-state index >= 15 is 0 Å². The van der Waals surface area contributed by atoms with Crippen LogP contribution in [0.2, 0.25) is 0 Å². The first kappa shape index (κ1) is 24.2. The molecule has 0 aliphatic heterocycles. The third kappa shape index (κ3) is 5.86. The number of para-hydroxylation sites is 1. The van der Waals surface area contributed by atoms with Crippen molar-refractivity contribution in [2.75, 3.05) is 5.32 Å². The molecule has 2 N–H and O–H groups in total. The number of aryl methyl sites for hydroxylation is 2. The molecular formula is C26H32FN5O. The lowest BCUT2D eigenvalue weighted by molar-refractivity contribution is 0.0977. The number of carbonyl (C=O) groups excluding carboxylic acids is 1. The van der Waals surface area contributed by atoms with E-state index in [0.717, 1.165) is 29.1 Å². The summed E-state index contributed by atoms with van der Waals surface area (Å²) in [5.74, 6) is -0.580. The number of nitrogens with one attached hydrogen (secondary N) is 2. The van der Waals surface area contributed by atoms with Gasteiger partial charge in [0.15, 0.2) is 0 Å². The normalized spacial score (nSPS) is 12.0. The maximum atomic E-state index is 14.3. The van der Waals surface area contributed by atoms with Gasteiger partial charge in [-0.15, -0.1) is 0 Å². The molecule has 0 saturated carbocycles. The molecule has 6 nitrogen and oxygen atoms in total. The van der Waals surface area contributed by atoms with E-state index < -0.39 is 5.82 Å². The van der Waals surface area contributed by atoms with Gasteiger partial charge in [-0.3, -0.25) is 14.8 Å². The van der Waals surface area contributed by atoms with Crippen molar-refractivity contribution in [3.05, 3.63) is 82.4 Å². The monoisotopic (exact) mass is 449 g/mol.